The summed E-state index contributed by atoms with van der Waals surface area (Å²) in [7, 11) is 0. The van der Waals surface area contributed by atoms with Crippen LogP contribution in [0.1, 0.15) is 18.9 Å². The molecule has 0 saturated carbocycles. The van der Waals surface area contributed by atoms with Crippen molar-refractivity contribution in [3.63, 3.8) is 0 Å². The predicted octanol–water partition coefficient (Wildman–Crippen LogP) is 4.33. The van der Waals surface area contributed by atoms with Crippen molar-refractivity contribution >= 4 is 17.6 Å². The number of nitrogens with zero attached hydrogens (tertiary/aromatic N) is 1. The molecule has 0 spiro atoms. The summed E-state index contributed by atoms with van der Waals surface area (Å²) in [4.78, 5) is 5.34. The minimum atomic E-state index is -0.195. The fourth-order valence-corrected chi connectivity index (χ4v) is 2.45. The maximum absolute atomic E-state index is 12.8. The van der Waals surface area contributed by atoms with E-state index in [1.807, 2.05) is 12.3 Å². The molecule has 0 fully saturated rings. The summed E-state index contributed by atoms with van der Waals surface area (Å²) in [6.45, 7) is 3.06. The molecule has 0 atom stereocenters. The van der Waals surface area contributed by atoms with Gasteiger partial charge in [0.05, 0.1) is 0 Å². The Labute approximate surface area is 117 Å². The number of anilines is 1. The molecule has 0 aliphatic heterocycles. The van der Waals surface area contributed by atoms with Crippen molar-refractivity contribution in [1.82, 2.24) is 4.98 Å². The van der Waals surface area contributed by atoms with Crippen LogP contribution in [0.25, 0.3) is 0 Å². The van der Waals surface area contributed by atoms with Crippen molar-refractivity contribution in [1.29, 1.82) is 0 Å². The lowest BCUT2D eigenvalue weighted by molar-refractivity contribution is 0.626. The SMILES string of the molecule is CCCNc1cc(CSc2ccc(F)cc2)ccn1. The molecule has 0 amide bonds. The Bertz CT molecular complexity index is 514. The van der Waals surface area contributed by atoms with Crippen LogP contribution < -0.4 is 5.32 Å². The number of rotatable bonds is 6. The lowest BCUT2D eigenvalue weighted by Gasteiger charge is -2.06. The largest absolute Gasteiger partial charge is 0.370 e. The first-order valence-electron chi connectivity index (χ1n) is 6.35. The van der Waals surface area contributed by atoms with Crippen molar-refractivity contribution in [3.8, 4) is 0 Å². The van der Waals surface area contributed by atoms with Crippen molar-refractivity contribution in [2.24, 2.45) is 0 Å². The topological polar surface area (TPSA) is 24.9 Å². The molecular weight excluding hydrogens is 259 g/mol. The Morgan fingerprint density at radius 3 is 2.74 bits per heavy atom. The van der Waals surface area contributed by atoms with Gasteiger partial charge in [0.25, 0.3) is 0 Å². The highest BCUT2D eigenvalue weighted by Gasteiger charge is 1.99. The van der Waals surface area contributed by atoms with Crippen LogP contribution in [0.5, 0.6) is 0 Å². The Hall–Kier alpha value is -1.55. The predicted molar refractivity (Wildman–Crippen MR) is 79.0 cm³/mol. The van der Waals surface area contributed by atoms with Crippen molar-refractivity contribution in [2.45, 2.75) is 24.0 Å². The van der Waals surface area contributed by atoms with Crippen molar-refractivity contribution in [2.75, 3.05) is 11.9 Å². The number of halogens is 1. The zero-order valence-electron chi connectivity index (χ0n) is 10.9. The van der Waals surface area contributed by atoms with Gasteiger partial charge in [0.2, 0.25) is 0 Å². The summed E-state index contributed by atoms with van der Waals surface area (Å²) in [5, 5.41) is 3.27. The van der Waals surface area contributed by atoms with Gasteiger partial charge in [-0.05, 0) is 48.4 Å². The van der Waals surface area contributed by atoms with Gasteiger partial charge in [-0.15, -0.1) is 11.8 Å². The third kappa shape index (κ3) is 4.56. The van der Waals surface area contributed by atoms with Crippen LogP contribution in [0.4, 0.5) is 10.2 Å². The normalized spacial score (nSPS) is 10.4. The summed E-state index contributed by atoms with van der Waals surface area (Å²) >= 11 is 1.69. The van der Waals surface area contributed by atoms with E-state index in [-0.39, 0.29) is 5.82 Å². The van der Waals surface area contributed by atoms with Crippen molar-refractivity contribution in [3.05, 3.63) is 54.0 Å². The molecule has 4 heteroatoms. The Morgan fingerprint density at radius 2 is 2.00 bits per heavy atom. The highest BCUT2D eigenvalue weighted by Crippen LogP contribution is 2.23. The quantitative estimate of drug-likeness (QED) is 0.795. The highest BCUT2D eigenvalue weighted by molar-refractivity contribution is 7.98. The smallest absolute Gasteiger partial charge is 0.126 e. The molecule has 0 bridgehead atoms. The average Bonchev–Trinajstić information content (AvgIpc) is 2.45. The second-order valence-electron chi connectivity index (χ2n) is 4.22. The number of nitrogens with one attached hydrogen (secondary N) is 1. The average molecular weight is 276 g/mol. The number of thioether (sulfide) groups is 1. The Kier molecular flexibility index (Phi) is 5.21. The summed E-state index contributed by atoms with van der Waals surface area (Å²) in [6, 6.07) is 10.7. The van der Waals surface area contributed by atoms with Gasteiger partial charge in [0, 0.05) is 23.4 Å². The molecule has 1 heterocycles. The summed E-state index contributed by atoms with van der Waals surface area (Å²) < 4.78 is 12.8. The number of pyridine rings is 1. The lowest BCUT2D eigenvalue weighted by atomic mass is 10.3. The van der Waals surface area contributed by atoms with Gasteiger partial charge in [0.15, 0.2) is 0 Å². The fraction of sp³-hybridized carbons (Fsp3) is 0.267. The molecule has 0 radical (unpaired) electrons. The highest BCUT2D eigenvalue weighted by atomic mass is 32.2. The van der Waals surface area contributed by atoms with Gasteiger partial charge in [0.1, 0.15) is 11.6 Å². The van der Waals surface area contributed by atoms with E-state index < -0.39 is 0 Å². The van der Waals surface area contributed by atoms with Crippen LogP contribution in [0.15, 0.2) is 47.5 Å². The first-order chi connectivity index (χ1) is 9.28. The van der Waals surface area contributed by atoms with Crippen molar-refractivity contribution < 1.29 is 4.39 Å². The first-order valence-corrected chi connectivity index (χ1v) is 7.33. The van der Waals surface area contributed by atoms with Crippen LogP contribution in [-0.4, -0.2) is 11.5 Å². The van der Waals surface area contributed by atoms with Crippen LogP contribution in [0, 0.1) is 5.82 Å². The van der Waals surface area contributed by atoms with Gasteiger partial charge in [-0.3, -0.25) is 0 Å². The van der Waals surface area contributed by atoms with Gasteiger partial charge in [-0.1, -0.05) is 6.92 Å². The van der Waals surface area contributed by atoms with Gasteiger partial charge < -0.3 is 5.32 Å². The van der Waals surface area contributed by atoms with E-state index in [0.717, 1.165) is 29.4 Å². The van der Waals surface area contributed by atoms with E-state index in [0.29, 0.717) is 0 Å². The maximum Gasteiger partial charge on any atom is 0.126 e. The van der Waals surface area contributed by atoms with E-state index >= 15 is 0 Å². The minimum Gasteiger partial charge on any atom is -0.370 e. The van der Waals surface area contributed by atoms with Gasteiger partial charge in [-0.2, -0.15) is 0 Å². The van der Waals surface area contributed by atoms with E-state index in [9.17, 15) is 4.39 Å². The number of hydrogen-bond acceptors (Lipinski definition) is 3. The molecule has 0 aliphatic rings. The molecule has 0 saturated heterocycles. The molecule has 100 valence electrons. The third-order valence-electron chi connectivity index (χ3n) is 2.60. The maximum atomic E-state index is 12.8. The molecular formula is C15H17FN2S. The van der Waals surface area contributed by atoms with E-state index in [1.165, 1.54) is 17.7 Å². The van der Waals surface area contributed by atoms with Crippen LogP contribution >= 0.6 is 11.8 Å². The van der Waals surface area contributed by atoms with Crippen LogP contribution in [-0.2, 0) is 5.75 Å². The van der Waals surface area contributed by atoms with Gasteiger partial charge >= 0.3 is 0 Å². The molecule has 2 nitrogen and oxygen atoms in total. The third-order valence-corrected chi connectivity index (χ3v) is 3.68. The zero-order chi connectivity index (χ0) is 13.5. The standard InChI is InChI=1S/C15H17FN2S/c1-2-8-17-15-10-12(7-9-18-15)11-19-14-5-3-13(16)4-6-14/h3-7,9-10H,2,8,11H2,1H3,(H,17,18). The van der Waals surface area contributed by atoms with Gasteiger partial charge in [-0.25, -0.2) is 9.37 Å². The minimum absolute atomic E-state index is 0.195. The molecule has 19 heavy (non-hydrogen) atoms. The molecule has 0 unspecified atom stereocenters. The van der Waals surface area contributed by atoms with E-state index in [1.54, 1.807) is 23.9 Å². The number of hydrogen-bond donors (Lipinski definition) is 1. The molecule has 1 aromatic heterocycles. The molecule has 1 aromatic carbocycles. The Morgan fingerprint density at radius 1 is 1.21 bits per heavy atom. The molecule has 1 N–H and O–H groups in total. The summed E-state index contributed by atoms with van der Waals surface area (Å²) in [6.07, 6.45) is 2.90. The van der Waals surface area contributed by atoms with E-state index in [2.05, 4.69) is 23.3 Å². The zero-order valence-corrected chi connectivity index (χ0v) is 11.7. The second-order valence-corrected chi connectivity index (χ2v) is 5.27. The second kappa shape index (κ2) is 7.14. The fourth-order valence-electron chi connectivity index (χ4n) is 1.61. The summed E-state index contributed by atoms with van der Waals surface area (Å²) in [5.74, 6) is 1.58. The van der Waals surface area contributed by atoms with E-state index in [4.69, 9.17) is 0 Å². The van der Waals surface area contributed by atoms with Crippen LogP contribution in [0.3, 0.4) is 0 Å². The summed E-state index contributed by atoms with van der Waals surface area (Å²) in [5.41, 5.74) is 1.21. The number of aromatic nitrogens is 1. The molecule has 2 aromatic rings. The first kappa shape index (κ1) is 13.9. The number of benzene rings is 1. The van der Waals surface area contributed by atoms with Crippen LogP contribution in [0.2, 0.25) is 0 Å². The lowest BCUT2D eigenvalue weighted by Crippen LogP contribution is -2.01. The molecule has 0 aliphatic carbocycles. The Balaban J connectivity index is 1.93. The monoisotopic (exact) mass is 276 g/mol. The molecule has 2 rings (SSSR count).